The Kier molecular flexibility index (Phi) is 3.97. The Hall–Kier alpha value is -1.13. The first-order valence-electron chi connectivity index (χ1n) is 6.02. The highest BCUT2D eigenvalue weighted by molar-refractivity contribution is 5.30. The molecule has 4 heteroatoms. The molecule has 0 bridgehead atoms. The second-order valence-corrected chi connectivity index (χ2v) is 4.56. The zero-order chi connectivity index (χ0) is 12.3. The van der Waals surface area contributed by atoms with E-state index in [9.17, 15) is 4.39 Å². The summed E-state index contributed by atoms with van der Waals surface area (Å²) in [7, 11) is 2.08. The van der Waals surface area contributed by atoms with Crippen molar-refractivity contribution in [3.63, 3.8) is 0 Å². The van der Waals surface area contributed by atoms with Gasteiger partial charge in [0.15, 0.2) is 11.6 Å². The van der Waals surface area contributed by atoms with E-state index in [4.69, 9.17) is 10.5 Å². The number of likely N-dealkylation sites (N-methyl/N-ethyl adjacent to an activating group) is 1. The fourth-order valence-corrected chi connectivity index (χ4v) is 2.16. The van der Waals surface area contributed by atoms with E-state index >= 15 is 0 Å². The lowest BCUT2D eigenvalue weighted by Gasteiger charge is -2.20. The molecule has 0 unspecified atom stereocenters. The SMILES string of the molecule is CN1CCC[C@@H]1COc1cc(CN)ccc1F. The van der Waals surface area contributed by atoms with Crippen LogP contribution in [0.5, 0.6) is 5.75 Å². The van der Waals surface area contributed by atoms with Gasteiger partial charge in [0.2, 0.25) is 0 Å². The van der Waals surface area contributed by atoms with Crippen molar-refractivity contribution >= 4 is 0 Å². The molecule has 0 amide bonds. The second-order valence-electron chi connectivity index (χ2n) is 4.56. The van der Waals surface area contributed by atoms with Crippen LogP contribution in [0.2, 0.25) is 0 Å². The maximum atomic E-state index is 13.5. The maximum absolute atomic E-state index is 13.5. The number of halogens is 1. The predicted molar refractivity (Wildman–Crippen MR) is 65.4 cm³/mol. The molecule has 94 valence electrons. The Labute approximate surface area is 101 Å². The molecule has 2 N–H and O–H groups in total. The smallest absolute Gasteiger partial charge is 0.165 e. The molecule has 0 aromatic heterocycles. The van der Waals surface area contributed by atoms with Gasteiger partial charge in [-0.1, -0.05) is 6.07 Å². The summed E-state index contributed by atoms with van der Waals surface area (Å²) in [4.78, 5) is 2.25. The number of ether oxygens (including phenoxy) is 1. The van der Waals surface area contributed by atoms with Crippen molar-refractivity contribution in [3.8, 4) is 5.75 Å². The summed E-state index contributed by atoms with van der Waals surface area (Å²) in [6, 6.07) is 5.18. The van der Waals surface area contributed by atoms with Gasteiger partial charge in [-0.15, -0.1) is 0 Å². The third-order valence-corrected chi connectivity index (χ3v) is 3.33. The Morgan fingerprint density at radius 2 is 2.35 bits per heavy atom. The maximum Gasteiger partial charge on any atom is 0.165 e. The van der Waals surface area contributed by atoms with Gasteiger partial charge in [0.05, 0.1) is 0 Å². The van der Waals surface area contributed by atoms with E-state index in [0.717, 1.165) is 18.5 Å². The molecule has 1 fully saturated rings. The molecule has 0 spiro atoms. The van der Waals surface area contributed by atoms with Gasteiger partial charge in [-0.2, -0.15) is 0 Å². The third-order valence-electron chi connectivity index (χ3n) is 3.33. The number of hydrogen-bond acceptors (Lipinski definition) is 3. The molecule has 1 saturated heterocycles. The van der Waals surface area contributed by atoms with Crippen LogP contribution in [0.25, 0.3) is 0 Å². The van der Waals surface area contributed by atoms with E-state index in [1.807, 2.05) is 0 Å². The first-order chi connectivity index (χ1) is 8.20. The van der Waals surface area contributed by atoms with Crippen LogP contribution in [0.3, 0.4) is 0 Å². The third kappa shape index (κ3) is 2.96. The minimum Gasteiger partial charge on any atom is -0.489 e. The fourth-order valence-electron chi connectivity index (χ4n) is 2.16. The Bertz CT molecular complexity index is 384. The second kappa shape index (κ2) is 5.47. The number of rotatable bonds is 4. The van der Waals surface area contributed by atoms with Crippen LogP contribution in [0.15, 0.2) is 18.2 Å². The van der Waals surface area contributed by atoms with Gasteiger partial charge in [-0.25, -0.2) is 4.39 Å². The summed E-state index contributed by atoms with van der Waals surface area (Å²) in [5.41, 5.74) is 6.41. The molecular formula is C13H19FN2O. The van der Waals surface area contributed by atoms with Crippen LogP contribution in [0.1, 0.15) is 18.4 Å². The van der Waals surface area contributed by atoms with Crippen LogP contribution in [-0.4, -0.2) is 31.1 Å². The van der Waals surface area contributed by atoms with Crippen LogP contribution < -0.4 is 10.5 Å². The van der Waals surface area contributed by atoms with Gasteiger partial charge in [0, 0.05) is 12.6 Å². The molecule has 0 aliphatic carbocycles. The number of nitrogens with zero attached hydrogens (tertiary/aromatic N) is 1. The van der Waals surface area contributed by atoms with Crippen LogP contribution >= 0.6 is 0 Å². The van der Waals surface area contributed by atoms with Crippen LogP contribution in [0, 0.1) is 5.82 Å². The summed E-state index contributed by atoms with van der Waals surface area (Å²) in [5.74, 6) is -0.00361. The van der Waals surface area contributed by atoms with Crippen molar-refractivity contribution in [2.45, 2.75) is 25.4 Å². The van der Waals surface area contributed by atoms with E-state index in [1.54, 1.807) is 12.1 Å². The molecule has 0 radical (unpaired) electrons. The molecular weight excluding hydrogens is 219 g/mol. The van der Waals surface area contributed by atoms with Gasteiger partial charge >= 0.3 is 0 Å². The lowest BCUT2D eigenvalue weighted by atomic mass is 10.2. The van der Waals surface area contributed by atoms with Crippen LogP contribution in [-0.2, 0) is 6.54 Å². The zero-order valence-corrected chi connectivity index (χ0v) is 10.2. The van der Waals surface area contributed by atoms with Crippen molar-refractivity contribution < 1.29 is 9.13 Å². The van der Waals surface area contributed by atoms with Gasteiger partial charge in [-0.05, 0) is 44.1 Å². The average molecular weight is 238 g/mol. The fraction of sp³-hybridized carbons (Fsp3) is 0.538. The monoisotopic (exact) mass is 238 g/mol. The van der Waals surface area contributed by atoms with Crippen molar-refractivity contribution in [2.75, 3.05) is 20.2 Å². The highest BCUT2D eigenvalue weighted by Crippen LogP contribution is 2.21. The summed E-state index contributed by atoms with van der Waals surface area (Å²) in [5, 5.41) is 0. The summed E-state index contributed by atoms with van der Waals surface area (Å²) in [6.07, 6.45) is 2.31. The first kappa shape index (κ1) is 12.3. The topological polar surface area (TPSA) is 38.5 Å². The summed E-state index contributed by atoms with van der Waals surface area (Å²) < 4.78 is 19.1. The van der Waals surface area contributed by atoms with E-state index in [0.29, 0.717) is 24.9 Å². The normalized spacial score (nSPS) is 20.8. The van der Waals surface area contributed by atoms with Gasteiger partial charge in [0.1, 0.15) is 6.61 Å². The largest absolute Gasteiger partial charge is 0.489 e. The summed E-state index contributed by atoms with van der Waals surface area (Å²) in [6.45, 7) is 2.04. The Morgan fingerprint density at radius 3 is 3.00 bits per heavy atom. The molecule has 1 aliphatic heterocycles. The molecule has 1 heterocycles. The molecule has 1 aromatic rings. The number of hydrogen-bond donors (Lipinski definition) is 1. The van der Waals surface area contributed by atoms with Crippen molar-refractivity contribution in [1.29, 1.82) is 0 Å². The lowest BCUT2D eigenvalue weighted by Crippen LogP contribution is -2.30. The number of likely N-dealkylation sites (tertiary alicyclic amines) is 1. The van der Waals surface area contributed by atoms with Crippen molar-refractivity contribution in [2.24, 2.45) is 5.73 Å². The summed E-state index contributed by atoms with van der Waals surface area (Å²) >= 11 is 0. The van der Waals surface area contributed by atoms with E-state index in [1.165, 1.54) is 12.5 Å². The highest BCUT2D eigenvalue weighted by atomic mass is 19.1. The van der Waals surface area contributed by atoms with E-state index < -0.39 is 0 Å². The van der Waals surface area contributed by atoms with Gasteiger partial charge < -0.3 is 15.4 Å². The number of benzene rings is 1. The molecule has 3 nitrogen and oxygen atoms in total. The zero-order valence-electron chi connectivity index (χ0n) is 10.2. The average Bonchev–Trinajstić information content (AvgIpc) is 2.74. The number of nitrogens with two attached hydrogens (primary N) is 1. The minimum absolute atomic E-state index is 0.313. The highest BCUT2D eigenvalue weighted by Gasteiger charge is 2.21. The van der Waals surface area contributed by atoms with Gasteiger partial charge in [-0.3, -0.25) is 0 Å². The van der Waals surface area contributed by atoms with Crippen LogP contribution in [0.4, 0.5) is 4.39 Å². The standard InChI is InChI=1S/C13H19FN2O/c1-16-6-2-3-11(16)9-17-13-7-10(8-15)4-5-12(13)14/h4-5,7,11H,2-3,6,8-9,15H2,1H3/t11-/m1/s1. The van der Waals surface area contributed by atoms with E-state index in [2.05, 4.69) is 11.9 Å². The first-order valence-corrected chi connectivity index (χ1v) is 6.02. The van der Waals surface area contributed by atoms with E-state index in [-0.39, 0.29) is 5.82 Å². The minimum atomic E-state index is -0.317. The molecule has 1 atom stereocenters. The molecule has 1 aromatic carbocycles. The Balaban J connectivity index is 1.98. The molecule has 2 rings (SSSR count). The molecule has 1 aliphatic rings. The predicted octanol–water partition coefficient (Wildman–Crippen LogP) is 1.76. The quantitative estimate of drug-likeness (QED) is 0.868. The van der Waals surface area contributed by atoms with Crippen molar-refractivity contribution in [3.05, 3.63) is 29.6 Å². The van der Waals surface area contributed by atoms with Crippen molar-refractivity contribution in [1.82, 2.24) is 4.90 Å². The van der Waals surface area contributed by atoms with Gasteiger partial charge in [0.25, 0.3) is 0 Å². The molecule has 17 heavy (non-hydrogen) atoms. The molecule has 0 saturated carbocycles. The Morgan fingerprint density at radius 1 is 1.53 bits per heavy atom. The lowest BCUT2D eigenvalue weighted by molar-refractivity contribution is 0.193.